The molecule has 0 spiro atoms. The molecule has 0 saturated heterocycles. The third-order valence-corrected chi connectivity index (χ3v) is 8.33. The van der Waals surface area contributed by atoms with E-state index in [9.17, 15) is 0 Å². The highest BCUT2D eigenvalue weighted by Gasteiger charge is 2.53. The summed E-state index contributed by atoms with van der Waals surface area (Å²) < 4.78 is 2.28. The van der Waals surface area contributed by atoms with Crippen LogP contribution in [0.1, 0.15) is 69.8 Å². The lowest BCUT2D eigenvalue weighted by molar-refractivity contribution is -0.0527. The van der Waals surface area contributed by atoms with Crippen LogP contribution < -0.4 is 5.32 Å². The maximum atomic E-state index is 4.62. The zero-order valence-corrected chi connectivity index (χ0v) is 18.7. The molecule has 0 aliphatic heterocycles. The summed E-state index contributed by atoms with van der Waals surface area (Å²) in [5.74, 6) is 4.14. The molecule has 0 radical (unpaired) electrons. The van der Waals surface area contributed by atoms with Crippen molar-refractivity contribution in [3.05, 3.63) is 41.9 Å². The first-order valence-corrected chi connectivity index (χ1v) is 12.2. The summed E-state index contributed by atoms with van der Waals surface area (Å²) >= 11 is 0. The van der Waals surface area contributed by atoms with Crippen molar-refractivity contribution in [3.63, 3.8) is 0 Å². The molecule has 2 heterocycles. The Bertz CT molecular complexity index is 1030. The lowest BCUT2D eigenvalue weighted by atomic mass is 9.53. The molecule has 0 amide bonds. The maximum Gasteiger partial charge on any atom is 0.169 e. The molecular formula is C25H34N6. The van der Waals surface area contributed by atoms with Gasteiger partial charge in [-0.3, -0.25) is 0 Å². The molecule has 4 saturated carbocycles. The number of hydrogen-bond acceptors (Lipinski definition) is 4. The van der Waals surface area contributed by atoms with E-state index >= 15 is 0 Å². The number of nitrogens with one attached hydrogen (secondary N) is 2. The summed E-state index contributed by atoms with van der Waals surface area (Å²) in [5, 5.41) is 18.6. The van der Waals surface area contributed by atoms with Gasteiger partial charge in [0.15, 0.2) is 5.82 Å². The van der Waals surface area contributed by atoms with Crippen LogP contribution in [0.2, 0.25) is 0 Å². The molecule has 4 aliphatic rings. The van der Waals surface area contributed by atoms with Gasteiger partial charge < -0.3 is 10.3 Å². The van der Waals surface area contributed by atoms with E-state index in [0.717, 1.165) is 36.5 Å². The molecule has 6 nitrogen and oxygen atoms in total. The van der Waals surface area contributed by atoms with Crippen LogP contribution in [0.25, 0.3) is 10.9 Å². The fraction of sp³-hybridized carbons (Fsp3) is 0.640. The number of tetrazole rings is 1. The van der Waals surface area contributed by atoms with Gasteiger partial charge in [0, 0.05) is 17.1 Å². The largest absolute Gasteiger partial charge is 0.361 e. The molecule has 2 N–H and O–H groups in total. The molecule has 0 unspecified atom stereocenters. The summed E-state index contributed by atoms with van der Waals surface area (Å²) in [6.07, 6.45) is 11.3. The van der Waals surface area contributed by atoms with Crippen LogP contribution in [0.4, 0.5) is 0 Å². The zero-order chi connectivity index (χ0) is 21.0. The van der Waals surface area contributed by atoms with Gasteiger partial charge in [0.25, 0.3) is 0 Å². The predicted molar refractivity (Wildman–Crippen MR) is 122 cm³/mol. The summed E-state index contributed by atoms with van der Waals surface area (Å²) in [4.78, 5) is 3.40. The Morgan fingerprint density at radius 1 is 1.10 bits per heavy atom. The Hall–Kier alpha value is -2.21. The lowest BCUT2D eigenvalue weighted by Gasteiger charge is -2.56. The maximum absolute atomic E-state index is 4.62. The van der Waals surface area contributed by atoms with Crippen molar-refractivity contribution in [2.75, 3.05) is 6.54 Å². The minimum Gasteiger partial charge on any atom is -0.361 e. The van der Waals surface area contributed by atoms with Gasteiger partial charge in [-0.1, -0.05) is 32.0 Å². The number of benzene rings is 1. The quantitative estimate of drug-likeness (QED) is 0.588. The molecule has 4 aliphatic carbocycles. The van der Waals surface area contributed by atoms with E-state index in [2.05, 4.69) is 74.8 Å². The van der Waals surface area contributed by atoms with Crippen LogP contribution in [0.15, 0.2) is 30.5 Å². The summed E-state index contributed by atoms with van der Waals surface area (Å²) in [6.45, 7) is 5.47. The van der Waals surface area contributed by atoms with E-state index < -0.39 is 0 Å². The van der Waals surface area contributed by atoms with E-state index in [1.54, 1.807) is 0 Å². The average Bonchev–Trinajstić information content (AvgIpc) is 3.38. The van der Waals surface area contributed by atoms with Crippen molar-refractivity contribution in [2.45, 2.75) is 70.4 Å². The van der Waals surface area contributed by atoms with Gasteiger partial charge in [-0.15, -0.1) is 5.10 Å². The second-order valence-electron chi connectivity index (χ2n) is 10.9. The number of rotatable bonds is 7. The van der Waals surface area contributed by atoms with Crippen LogP contribution in [-0.2, 0) is 12.0 Å². The highest BCUT2D eigenvalue weighted by atomic mass is 15.6. The third kappa shape index (κ3) is 3.30. The molecule has 164 valence electrons. The van der Waals surface area contributed by atoms with Crippen LogP contribution in [0.5, 0.6) is 0 Å². The number of aromatic nitrogens is 5. The van der Waals surface area contributed by atoms with Gasteiger partial charge in [0.1, 0.15) is 0 Å². The predicted octanol–water partition coefficient (Wildman–Crippen LogP) is 4.61. The number of para-hydroxylation sites is 1. The van der Waals surface area contributed by atoms with E-state index in [4.69, 9.17) is 0 Å². The zero-order valence-electron chi connectivity index (χ0n) is 18.7. The first-order chi connectivity index (χ1) is 15.1. The minimum absolute atomic E-state index is 0.166. The second-order valence-corrected chi connectivity index (χ2v) is 10.9. The van der Waals surface area contributed by atoms with Crippen molar-refractivity contribution in [1.82, 2.24) is 30.5 Å². The highest BCUT2D eigenvalue weighted by Crippen LogP contribution is 2.58. The van der Waals surface area contributed by atoms with Crippen molar-refractivity contribution in [1.29, 1.82) is 0 Å². The lowest BCUT2D eigenvalue weighted by Crippen LogP contribution is -2.53. The fourth-order valence-corrected chi connectivity index (χ4v) is 7.38. The molecule has 1 atom stereocenters. The van der Waals surface area contributed by atoms with E-state index in [1.807, 2.05) is 0 Å². The summed E-state index contributed by atoms with van der Waals surface area (Å²) in [5.41, 5.74) is 2.74. The van der Waals surface area contributed by atoms with Crippen LogP contribution in [-0.4, -0.2) is 31.7 Å². The Balaban J connectivity index is 1.22. The topological polar surface area (TPSA) is 71.4 Å². The molecule has 4 fully saturated rings. The number of fused-ring (bicyclic) bond motifs is 1. The Labute approximate surface area is 184 Å². The monoisotopic (exact) mass is 418 g/mol. The minimum atomic E-state index is 0.166. The van der Waals surface area contributed by atoms with E-state index in [1.165, 1.54) is 55.0 Å². The summed E-state index contributed by atoms with van der Waals surface area (Å²) in [7, 11) is 0. The fourth-order valence-electron chi connectivity index (χ4n) is 7.38. The molecule has 3 aromatic rings. The van der Waals surface area contributed by atoms with Crippen molar-refractivity contribution in [2.24, 2.45) is 23.7 Å². The number of H-pyrrole nitrogens is 1. The van der Waals surface area contributed by atoms with Crippen LogP contribution in [0.3, 0.4) is 0 Å². The highest BCUT2D eigenvalue weighted by molar-refractivity contribution is 5.83. The molecule has 4 bridgehead atoms. The van der Waals surface area contributed by atoms with Gasteiger partial charge >= 0.3 is 0 Å². The molecule has 6 heteroatoms. The van der Waals surface area contributed by atoms with Crippen molar-refractivity contribution >= 4 is 10.9 Å². The molecule has 31 heavy (non-hydrogen) atoms. The first-order valence-electron chi connectivity index (χ1n) is 12.2. The van der Waals surface area contributed by atoms with Gasteiger partial charge in [0.2, 0.25) is 0 Å². The van der Waals surface area contributed by atoms with Gasteiger partial charge in [-0.05, 0) is 97.2 Å². The van der Waals surface area contributed by atoms with Crippen LogP contribution >= 0.6 is 0 Å². The normalized spacial score (nSPS) is 30.5. The van der Waals surface area contributed by atoms with Gasteiger partial charge in [-0.25, -0.2) is 4.68 Å². The molecule has 2 aromatic heterocycles. The number of nitrogens with zero attached hydrogens (tertiary/aromatic N) is 4. The first kappa shape index (κ1) is 19.5. The Morgan fingerprint density at radius 2 is 1.81 bits per heavy atom. The van der Waals surface area contributed by atoms with Gasteiger partial charge in [0.05, 0.1) is 11.6 Å². The third-order valence-electron chi connectivity index (χ3n) is 8.33. The van der Waals surface area contributed by atoms with Crippen molar-refractivity contribution < 1.29 is 0 Å². The second kappa shape index (κ2) is 7.44. The molecular weight excluding hydrogens is 384 g/mol. The smallest absolute Gasteiger partial charge is 0.169 e. The van der Waals surface area contributed by atoms with Gasteiger partial charge in [-0.2, -0.15) is 0 Å². The summed E-state index contributed by atoms with van der Waals surface area (Å²) in [6, 6.07) is 8.72. The van der Waals surface area contributed by atoms with E-state index in [0.29, 0.717) is 5.92 Å². The Morgan fingerprint density at radius 3 is 2.52 bits per heavy atom. The average molecular weight is 419 g/mol. The number of aromatic amines is 1. The number of hydrogen-bond donors (Lipinski definition) is 2. The van der Waals surface area contributed by atoms with Crippen molar-refractivity contribution in [3.8, 4) is 0 Å². The molecule has 7 rings (SSSR count). The SMILES string of the molecule is CC(C)[C@@H](NCCc1c[nH]c2ccccc12)c1nnnn1C12CC3CC(CC(C3)C1)C2. The van der Waals surface area contributed by atoms with Crippen LogP contribution in [0, 0.1) is 23.7 Å². The Kier molecular flexibility index (Phi) is 4.67. The molecule has 1 aromatic carbocycles. The standard InChI is InChI=1S/C25H34N6/c1-16(2)23(26-8-7-20-15-27-22-6-4-3-5-21(20)22)24-28-29-30-31(24)25-12-17-9-18(13-25)11-19(10-17)14-25/h3-6,15-19,23,26-27H,7-14H2,1-2H3/t17?,18?,19?,23-,25?/m1/s1. The van der Waals surface area contributed by atoms with E-state index in [-0.39, 0.29) is 11.6 Å².